The molecule has 1 aromatic heterocycles. The van der Waals surface area contributed by atoms with Crippen molar-refractivity contribution in [3.05, 3.63) is 29.6 Å². The Morgan fingerprint density at radius 1 is 1.20 bits per heavy atom. The van der Waals surface area contributed by atoms with E-state index in [4.69, 9.17) is 9.47 Å². The number of carbonyl (C=O) groups excluding carboxylic acids is 2. The predicted octanol–water partition coefficient (Wildman–Crippen LogP) is 2.07. The first-order valence-electron chi connectivity index (χ1n) is 6.70. The van der Waals surface area contributed by atoms with Gasteiger partial charge in [-0.15, -0.1) is 0 Å². The zero-order valence-corrected chi connectivity index (χ0v) is 12.4. The SMILES string of the molecule is CCOC(=O)C(C)(Cc1ncccc1C)C(=O)OCC. The normalized spacial score (nSPS) is 11.0. The summed E-state index contributed by atoms with van der Waals surface area (Å²) in [6.07, 6.45) is 1.80. The van der Waals surface area contributed by atoms with Crippen LogP contribution < -0.4 is 0 Å². The van der Waals surface area contributed by atoms with Gasteiger partial charge in [-0.25, -0.2) is 0 Å². The van der Waals surface area contributed by atoms with Crippen molar-refractivity contribution in [2.75, 3.05) is 13.2 Å². The number of carbonyl (C=O) groups is 2. The molecule has 5 nitrogen and oxygen atoms in total. The molecule has 0 saturated heterocycles. The average Bonchev–Trinajstić information content (AvgIpc) is 2.41. The standard InChI is InChI=1S/C15H21NO4/c1-5-19-13(17)15(4,14(18)20-6-2)10-12-11(3)8-7-9-16-12/h7-9H,5-6,10H2,1-4H3. The molecular weight excluding hydrogens is 258 g/mol. The number of ether oxygens (including phenoxy) is 2. The van der Waals surface area contributed by atoms with Gasteiger partial charge in [-0.2, -0.15) is 0 Å². The molecule has 20 heavy (non-hydrogen) atoms. The summed E-state index contributed by atoms with van der Waals surface area (Å²) < 4.78 is 10.0. The van der Waals surface area contributed by atoms with Crippen LogP contribution in [0.1, 0.15) is 32.0 Å². The van der Waals surface area contributed by atoms with Crippen molar-refractivity contribution in [1.82, 2.24) is 4.98 Å². The lowest BCUT2D eigenvalue weighted by atomic mass is 9.84. The maximum atomic E-state index is 12.1. The third kappa shape index (κ3) is 3.56. The second-order valence-electron chi connectivity index (χ2n) is 4.72. The van der Waals surface area contributed by atoms with Crippen molar-refractivity contribution in [3.8, 4) is 0 Å². The highest BCUT2D eigenvalue weighted by Crippen LogP contribution is 2.27. The van der Waals surface area contributed by atoms with Gasteiger partial charge >= 0.3 is 11.9 Å². The molecule has 0 radical (unpaired) electrons. The maximum absolute atomic E-state index is 12.1. The van der Waals surface area contributed by atoms with Gasteiger partial charge in [0, 0.05) is 18.3 Å². The first kappa shape index (κ1) is 16.1. The molecule has 0 aliphatic rings. The highest BCUT2D eigenvalue weighted by molar-refractivity contribution is 5.99. The number of esters is 2. The van der Waals surface area contributed by atoms with Crippen LogP contribution in [0.2, 0.25) is 0 Å². The topological polar surface area (TPSA) is 65.5 Å². The van der Waals surface area contributed by atoms with Crippen LogP contribution in [0.4, 0.5) is 0 Å². The van der Waals surface area contributed by atoms with Crippen LogP contribution in [0.5, 0.6) is 0 Å². The summed E-state index contributed by atoms with van der Waals surface area (Å²) in [4.78, 5) is 28.5. The largest absolute Gasteiger partial charge is 0.465 e. The van der Waals surface area contributed by atoms with Gasteiger partial charge in [0.25, 0.3) is 0 Å². The van der Waals surface area contributed by atoms with E-state index in [0.29, 0.717) is 5.69 Å². The lowest BCUT2D eigenvalue weighted by molar-refractivity contribution is -0.170. The van der Waals surface area contributed by atoms with Gasteiger partial charge in [-0.3, -0.25) is 14.6 Å². The van der Waals surface area contributed by atoms with Gasteiger partial charge in [0.15, 0.2) is 5.41 Å². The molecule has 5 heteroatoms. The lowest BCUT2D eigenvalue weighted by Crippen LogP contribution is -2.41. The smallest absolute Gasteiger partial charge is 0.323 e. The van der Waals surface area contributed by atoms with E-state index in [0.717, 1.165) is 5.56 Å². The van der Waals surface area contributed by atoms with Crippen molar-refractivity contribution in [2.24, 2.45) is 5.41 Å². The molecule has 1 aromatic rings. The molecule has 0 aliphatic carbocycles. The zero-order valence-electron chi connectivity index (χ0n) is 12.4. The third-order valence-electron chi connectivity index (χ3n) is 3.09. The van der Waals surface area contributed by atoms with Gasteiger partial charge in [0.2, 0.25) is 0 Å². The van der Waals surface area contributed by atoms with Crippen molar-refractivity contribution >= 4 is 11.9 Å². The molecule has 1 rings (SSSR count). The van der Waals surface area contributed by atoms with E-state index < -0.39 is 17.4 Å². The van der Waals surface area contributed by atoms with Crippen molar-refractivity contribution in [1.29, 1.82) is 0 Å². The Bertz CT molecular complexity index is 467. The van der Waals surface area contributed by atoms with E-state index in [9.17, 15) is 9.59 Å². The number of aryl methyl sites for hydroxylation is 1. The summed E-state index contributed by atoms with van der Waals surface area (Å²) in [7, 11) is 0. The molecule has 0 unspecified atom stereocenters. The van der Waals surface area contributed by atoms with Gasteiger partial charge in [0.1, 0.15) is 0 Å². The summed E-state index contributed by atoms with van der Waals surface area (Å²) in [6, 6.07) is 3.70. The molecule has 0 amide bonds. The van der Waals surface area contributed by atoms with E-state index in [2.05, 4.69) is 4.98 Å². The van der Waals surface area contributed by atoms with Gasteiger partial charge in [-0.1, -0.05) is 6.07 Å². The first-order chi connectivity index (χ1) is 9.45. The Hall–Kier alpha value is -1.91. The lowest BCUT2D eigenvalue weighted by Gasteiger charge is -2.25. The van der Waals surface area contributed by atoms with Crippen molar-refractivity contribution in [3.63, 3.8) is 0 Å². The van der Waals surface area contributed by atoms with Crippen LogP contribution in [-0.2, 0) is 25.5 Å². The van der Waals surface area contributed by atoms with Crippen LogP contribution in [-0.4, -0.2) is 30.1 Å². The molecular formula is C15H21NO4. The van der Waals surface area contributed by atoms with Crippen LogP contribution in [0.25, 0.3) is 0 Å². The molecule has 0 N–H and O–H groups in total. The van der Waals surface area contributed by atoms with Crippen LogP contribution in [0.3, 0.4) is 0 Å². The minimum atomic E-state index is -1.37. The summed E-state index contributed by atoms with van der Waals surface area (Å²) in [5, 5.41) is 0. The summed E-state index contributed by atoms with van der Waals surface area (Å²) in [5.41, 5.74) is 0.244. The molecule has 0 spiro atoms. The number of nitrogens with zero attached hydrogens (tertiary/aromatic N) is 1. The minimum absolute atomic E-state index is 0.164. The number of rotatable bonds is 6. The molecule has 0 saturated carbocycles. The number of hydrogen-bond donors (Lipinski definition) is 0. The highest BCUT2D eigenvalue weighted by atomic mass is 16.6. The fraction of sp³-hybridized carbons (Fsp3) is 0.533. The quantitative estimate of drug-likeness (QED) is 0.589. The van der Waals surface area contributed by atoms with Crippen LogP contribution in [0.15, 0.2) is 18.3 Å². The number of hydrogen-bond acceptors (Lipinski definition) is 5. The first-order valence-corrected chi connectivity index (χ1v) is 6.70. The monoisotopic (exact) mass is 279 g/mol. The molecule has 0 bridgehead atoms. The van der Waals surface area contributed by atoms with E-state index in [1.165, 1.54) is 6.92 Å². The van der Waals surface area contributed by atoms with Crippen LogP contribution >= 0.6 is 0 Å². The molecule has 0 aliphatic heterocycles. The molecule has 0 atom stereocenters. The summed E-state index contributed by atoms with van der Waals surface area (Å²) in [6.45, 7) is 7.27. The molecule has 0 aromatic carbocycles. The predicted molar refractivity (Wildman–Crippen MR) is 74.1 cm³/mol. The summed E-state index contributed by atoms with van der Waals surface area (Å²) >= 11 is 0. The van der Waals surface area contributed by atoms with E-state index in [1.54, 1.807) is 20.0 Å². The Kier molecular flexibility index (Phi) is 5.67. The number of pyridine rings is 1. The molecule has 110 valence electrons. The average molecular weight is 279 g/mol. The molecule has 0 fully saturated rings. The van der Waals surface area contributed by atoms with E-state index in [-0.39, 0.29) is 19.6 Å². The zero-order chi connectivity index (χ0) is 15.2. The van der Waals surface area contributed by atoms with E-state index >= 15 is 0 Å². The fourth-order valence-corrected chi connectivity index (χ4v) is 1.85. The Morgan fingerprint density at radius 2 is 1.75 bits per heavy atom. The summed E-state index contributed by atoms with van der Waals surface area (Å²) in [5.74, 6) is -1.16. The number of aromatic nitrogens is 1. The van der Waals surface area contributed by atoms with Crippen molar-refractivity contribution < 1.29 is 19.1 Å². The third-order valence-corrected chi connectivity index (χ3v) is 3.09. The second kappa shape index (κ2) is 7.03. The second-order valence-corrected chi connectivity index (χ2v) is 4.72. The minimum Gasteiger partial charge on any atom is -0.465 e. The van der Waals surface area contributed by atoms with Crippen molar-refractivity contribution in [2.45, 2.75) is 34.1 Å². The highest BCUT2D eigenvalue weighted by Gasteiger charge is 2.45. The Labute approximate surface area is 119 Å². The van der Waals surface area contributed by atoms with Gasteiger partial charge in [-0.05, 0) is 39.3 Å². The van der Waals surface area contributed by atoms with Crippen LogP contribution in [0, 0.1) is 12.3 Å². The van der Waals surface area contributed by atoms with Gasteiger partial charge < -0.3 is 9.47 Å². The van der Waals surface area contributed by atoms with Gasteiger partial charge in [0.05, 0.1) is 13.2 Å². The molecule has 1 heterocycles. The Balaban J connectivity index is 3.08. The fourth-order valence-electron chi connectivity index (χ4n) is 1.85. The Morgan fingerprint density at radius 3 is 2.20 bits per heavy atom. The van der Waals surface area contributed by atoms with E-state index in [1.807, 2.05) is 19.1 Å². The maximum Gasteiger partial charge on any atom is 0.323 e.